The van der Waals surface area contributed by atoms with Gasteiger partial charge in [0.1, 0.15) is 12.4 Å². The fourth-order valence-corrected chi connectivity index (χ4v) is 5.77. The molecule has 1 aromatic rings. The number of alkyl halides is 3. The van der Waals surface area contributed by atoms with Crippen LogP contribution in [0.15, 0.2) is 29.8 Å². The normalized spacial score (nSPS) is 30.4. The molecule has 0 unspecified atom stereocenters. The Labute approximate surface area is 209 Å². The first-order chi connectivity index (χ1) is 14.9. The number of anilines is 1. The molecule has 2 N–H and O–H groups in total. The van der Waals surface area contributed by atoms with E-state index in [0.717, 1.165) is 55.0 Å². The topological polar surface area (TPSA) is 41.1 Å². The molecule has 1 aliphatic heterocycles. The number of urea groups is 1. The zero-order valence-corrected chi connectivity index (χ0v) is 21.4. The van der Waals surface area contributed by atoms with Gasteiger partial charge in [-0.25, -0.2) is 9.18 Å². The summed E-state index contributed by atoms with van der Waals surface area (Å²) in [6, 6.07) is 1.37. The zero-order valence-electron chi connectivity index (χ0n) is 19.2. The maximum absolute atomic E-state index is 13.5. The number of likely N-dealkylation sites (N-methyl/N-ethyl adjacent to an activating group) is 1. The zero-order chi connectivity index (χ0) is 23.3. The van der Waals surface area contributed by atoms with E-state index in [9.17, 15) is 22.4 Å². The Morgan fingerprint density at radius 2 is 1.85 bits per heavy atom. The van der Waals surface area contributed by atoms with Crippen LogP contribution in [-0.4, -0.2) is 43.2 Å². The smallest absolute Gasteiger partial charge is 0.416 e. The van der Waals surface area contributed by atoms with Crippen molar-refractivity contribution in [1.82, 2.24) is 5.32 Å². The molecule has 33 heavy (non-hydrogen) atoms. The Morgan fingerprint density at radius 3 is 2.42 bits per heavy atom. The van der Waals surface area contributed by atoms with Crippen LogP contribution in [0.25, 0.3) is 0 Å². The summed E-state index contributed by atoms with van der Waals surface area (Å²) < 4.78 is 53.1. The van der Waals surface area contributed by atoms with Gasteiger partial charge >= 0.3 is 12.2 Å². The van der Waals surface area contributed by atoms with Crippen LogP contribution >= 0.6 is 0 Å². The third kappa shape index (κ3) is 5.66. The van der Waals surface area contributed by atoms with Crippen molar-refractivity contribution >= 4 is 11.7 Å². The number of carbonyl (C=O) groups excluding carboxylic acids is 1. The van der Waals surface area contributed by atoms with Gasteiger partial charge in [-0.2, -0.15) is 13.2 Å². The van der Waals surface area contributed by atoms with Gasteiger partial charge in [0.15, 0.2) is 0 Å². The average molecular weight is 581 g/mol. The SMILES string of the molecule is CC1(C)[C@H]2CC=C(C[N+]3(C)CCC(NC(=O)Nc4cc(F)cc(C(F)(F)F)c4)CC3)[C@@H]1C2.[I-]. The molecule has 0 radical (unpaired) electrons. The molecule has 1 aromatic carbocycles. The summed E-state index contributed by atoms with van der Waals surface area (Å²) in [5, 5.41) is 5.18. The van der Waals surface area contributed by atoms with Crippen LogP contribution in [0.2, 0.25) is 0 Å². The maximum atomic E-state index is 13.5. The number of nitrogens with zero attached hydrogens (tertiary/aromatic N) is 1. The van der Waals surface area contributed by atoms with E-state index in [0.29, 0.717) is 17.4 Å². The number of allylic oxidation sites excluding steroid dienone is 1. The molecule has 5 rings (SSSR count). The van der Waals surface area contributed by atoms with Crippen molar-refractivity contribution in [2.45, 2.75) is 51.7 Å². The fourth-order valence-electron chi connectivity index (χ4n) is 5.77. The van der Waals surface area contributed by atoms with Crippen LogP contribution < -0.4 is 34.6 Å². The van der Waals surface area contributed by atoms with E-state index in [4.69, 9.17) is 0 Å². The van der Waals surface area contributed by atoms with E-state index in [2.05, 4.69) is 37.6 Å². The highest BCUT2D eigenvalue weighted by atomic mass is 127. The van der Waals surface area contributed by atoms with E-state index in [1.807, 2.05) is 0 Å². The molecule has 4 aliphatic rings. The Morgan fingerprint density at radius 1 is 1.18 bits per heavy atom. The van der Waals surface area contributed by atoms with Crippen molar-refractivity contribution in [3.63, 3.8) is 0 Å². The largest absolute Gasteiger partial charge is 1.00 e. The molecule has 0 spiro atoms. The second-order valence-corrected chi connectivity index (χ2v) is 10.6. The summed E-state index contributed by atoms with van der Waals surface area (Å²) in [7, 11) is 2.26. The second-order valence-electron chi connectivity index (χ2n) is 10.6. The number of carbonyl (C=O) groups is 1. The van der Waals surface area contributed by atoms with Gasteiger partial charge in [0, 0.05) is 24.6 Å². The van der Waals surface area contributed by atoms with Gasteiger partial charge in [-0.1, -0.05) is 19.9 Å². The summed E-state index contributed by atoms with van der Waals surface area (Å²) >= 11 is 0. The Kier molecular flexibility index (Phi) is 7.44. The van der Waals surface area contributed by atoms with Crippen LogP contribution in [0.3, 0.4) is 0 Å². The lowest BCUT2D eigenvalue weighted by molar-refractivity contribution is -0.910. The third-order valence-corrected chi connectivity index (χ3v) is 8.00. The van der Waals surface area contributed by atoms with E-state index in [1.165, 1.54) is 12.8 Å². The second kappa shape index (κ2) is 9.36. The molecule has 9 heteroatoms. The van der Waals surface area contributed by atoms with E-state index >= 15 is 0 Å². The number of amides is 2. The number of fused-ring (bicyclic) bond motifs is 1. The third-order valence-electron chi connectivity index (χ3n) is 8.00. The van der Waals surface area contributed by atoms with Crippen LogP contribution in [-0.2, 0) is 6.18 Å². The van der Waals surface area contributed by atoms with Crippen LogP contribution in [0, 0.1) is 23.1 Å². The van der Waals surface area contributed by atoms with Crippen molar-refractivity contribution < 1.29 is 50.8 Å². The van der Waals surface area contributed by atoms with Gasteiger partial charge < -0.3 is 39.1 Å². The van der Waals surface area contributed by atoms with Gasteiger partial charge in [-0.3, -0.25) is 0 Å². The lowest BCUT2D eigenvalue weighted by atomic mass is 9.49. The minimum Gasteiger partial charge on any atom is -1.00 e. The monoisotopic (exact) mass is 581 g/mol. The molecule has 2 amide bonds. The molecule has 0 aromatic heterocycles. The van der Waals surface area contributed by atoms with Gasteiger partial charge in [0.05, 0.1) is 25.7 Å². The molecule has 2 atom stereocenters. The van der Waals surface area contributed by atoms with Gasteiger partial charge in [0.25, 0.3) is 0 Å². The summed E-state index contributed by atoms with van der Waals surface area (Å²) in [5.74, 6) is 0.463. The minimum absolute atomic E-state index is 0. The average Bonchev–Trinajstić information content (AvgIpc) is 2.68. The van der Waals surface area contributed by atoms with Crippen molar-refractivity contribution in [1.29, 1.82) is 0 Å². The molecule has 1 saturated carbocycles. The van der Waals surface area contributed by atoms with Gasteiger partial charge in [-0.05, 0) is 53.9 Å². The Bertz CT molecular complexity index is 923. The van der Waals surface area contributed by atoms with Crippen molar-refractivity contribution in [2.75, 3.05) is 32.0 Å². The molecule has 2 fully saturated rings. The number of likely N-dealkylation sites (tertiary alicyclic amines) is 1. The molecule has 1 saturated heterocycles. The summed E-state index contributed by atoms with van der Waals surface area (Å²) in [6.45, 7) is 7.66. The summed E-state index contributed by atoms with van der Waals surface area (Å²) in [4.78, 5) is 12.3. The highest BCUT2D eigenvalue weighted by Crippen LogP contribution is 2.59. The number of hydrogen-bond acceptors (Lipinski definition) is 1. The fraction of sp³-hybridized carbons (Fsp3) is 0.625. The van der Waals surface area contributed by atoms with Crippen LogP contribution in [0.1, 0.15) is 45.1 Å². The van der Waals surface area contributed by atoms with E-state index < -0.39 is 23.6 Å². The van der Waals surface area contributed by atoms with Crippen LogP contribution in [0.4, 0.5) is 28.0 Å². The molecule has 4 nitrogen and oxygen atoms in total. The summed E-state index contributed by atoms with van der Waals surface area (Å²) in [5.41, 5.74) is 0.647. The predicted octanol–water partition coefficient (Wildman–Crippen LogP) is 2.57. The Hall–Kier alpha value is -1.36. The molecular formula is C24H32F4IN3O. The standard InChI is InChI=1S/C24H31F4N3O.HI/c1-23(2)16-5-4-15(21(23)12-16)14-31(3)8-6-19(7-9-31)29-22(32)30-20-11-17(24(26,27)28)10-18(25)13-20;/h4,10-11,13,16,19,21H,5-9,12,14H2,1-3H3,(H-,29,30,32);1H/t16-,19?,21-,31?;/m0./s1. The highest BCUT2D eigenvalue weighted by molar-refractivity contribution is 5.89. The molecular weight excluding hydrogens is 549 g/mol. The first-order valence-electron chi connectivity index (χ1n) is 11.3. The summed E-state index contributed by atoms with van der Waals surface area (Å²) in [6.07, 6.45) is 1.85. The number of rotatable bonds is 4. The number of quaternary nitrogens is 1. The predicted molar refractivity (Wildman–Crippen MR) is 115 cm³/mol. The number of piperidine rings is 1. The first-order valence-corrected chi connectivity index (χ1v) is 11.3. The quantitative estimate of drug-likeness (QED) is 0.244. The van der Waals surface area contributed by atoms with Crippen molar-refractivity contribution in [3.8, 4) is 0 Å². The van der Waals surface area contributed by atoms with Gasteiger partial charge in [0.2, 0.25) is 0 Å². The maximum Gasteiger partial charge on any atom is 0.416 e. The first kappa shape index (κ1) is 26.2. The lowest BCUT2D eigenvalue weighted by Crippen LogP contribution is -3.00. The van der Waals surface area contributed by atoms with E-state index in [-0.39, 0.29) is 35.7 Å². The van der Waals surface area contributed by atoms with Crippen molar-refractivity contribution in [3.05, 3.63) is 41.2 Å². The molecule has 1 heterocycles. The minimum atomic E-state index is -4.68. The molecule has 184 valence electrons. The van der Waals surface area contributed by atoms with Gasteiger partial charge in [-0.15, -0.1) is 0 Å². The number of nitrogens with one attached hydrogen (secondary N) is 2. The van der Waals surface area contributed by atoms with Crippen molar-refractivity contribution in [2.24, 2.45) is 17.3 Å². The van der Waals surface area contributed by atoms with E-state index in [1.54, 1.807) is 5.57 Å². The Balaban J connectivity index is 0.00000306. The molecule has 3 aliphatic carbocycles. The number of halogens is 5. The molecule has 2 bridgehead atoms. The highest BCUT2D eigenvalue weighted by Gasteiger charge is 2.52. The van der Waals surface area contributed by atoms with Crippen LogP contribution in [0.5, 0.6) is 0 Å². The number of hydrogen-bond donors (Lipinski definition) is 2. The number of benzene rings is 1. The lowest BCUT2D eigenvalue weighted by Gasteiger charge is -2.57.